The molecule has 0 unspecified atom stereocenters. The molecule has 1 aromatic carbocycles. The van der Waals surface area contributed by atoms with E-state index in [9.17, 15) is 9.59 Å². The van der Waals surface area contributed by atoms with Crippen LogP contribution in [-0.2, 0) is 14.3 Å². The van der Waals surface area contributed by atoms with Crippen LogP contribution >= 0.6 is 0 Å². The van der Waals surface area contributed by atoms with E-state index in [1.807, 2.05) is 0 Å². The van der Waals surface area contributed by atoms with E-state index in [0.29, 0.717) is 17.1 Å². The first kappa shape index (κ1) is 17.8. The van der Waals surface area contributed by atoms with Gasteiger partial charge in [0.25, 0.3) is 5.91 Å². The lowest BCUT2D eigenvalue weighted by molar-refractivity contribution is -0.154. The largest absolute Gasteiger partial charge is 0.493 e. The zero-order valence-electron chi connectivity index (χ0n) is 14.3. The molecule has 1 atom stereocenters. The molecule has 0 saturated carbocycles. The maximum atomic E-state index is 12.1. The minimum Gasteiger partial charge on any atom is -0.493 e. The van der Waals surface area contributed by atoms with E-state index in [1.165, 1.54) is 13.2 Å². The molecule has 1 aliphatic heterocycles. The number of amides is 1. The normalized spacial score (nSPS) is 15.4. The summed E-state index contributed by atoms with van der Waals surface area (Å²) in [5, 5.41) is 0. The number of nitrogens with zero attached hydrogens (tertiary/aromatic N) is 1. The number of rotatable bonds is 6. The summed E-state index contributed by atoms with van der Waals surface area (Å²) in [4.78, 5) is 25.8. The van der Waals surface area contributed by atoms with Gasteiger partial charge >= 0.3 is 5.97 Å². The SMILES string of the molecule is COc1cccc(/C=C/C(=O)O[C@H](C)C(=O)N2CCCC2)c1OC. The third-order valence-corrected chi connectivity index (χ3v) is 3.89. The Labute approximate surface area is 142 Å². The van der Waals surface area contributed by atoms with Crippen molar-refractivity contribution in [2.75, 3.05) is 27.3 Å². The summed E-state index contributed by atoms with van der Waals surface area (Å²) in [6.07, 6.45) is 4.08. The Balaban J connectivity index is 1.99. The van der Waals surface area contributed by atoms with E-state index < -0.39 is 12.1 Å². The van der Waals surface area contributed by atoms with Crippen LogP contribution < -0.4 is 9.47 Å². The number of carbonyl (C=O) groups excluding carboxylic acids is 2. The van der Waals surface area contributed by atoms with Gasteiger partial charge in [-0.05, 0) is 31.9 Å². The van der Waals surface area contributed by atoms with Crippen LogP contribution in [0.2, 0.25) is 0 Å². The summed E-state index contributed by atoms with van der Waals surface area (Å²) < 4.78 is 15.7. The van der Waals surface area contributed by atoms with Gasteiger partial charge in [0, 0.05) is 24.7 Å². The third kappa shape index (κ3) is 4.28. The lowest BCUT2D eigenvalue weighted by Crippen LogP contribution is -2.37. The highest BCUT2D eigenvalue weighted by Gasteiger charge is 2.25. The van der Waals surface area contributed by atoms with Gasteiger partial charge in [-0.3, -0.25) is 4.79 Å². The molecule has 24 heavy (non-hydrogen) atoms. The topological polar surface area (TPSA) is 65.1 Å². The van der Waals surface area contributed by atoms with Crippen molar-refractivity contribution in [3.05, 3.63) is 29.8 Å². The summed E-state index contributed by atoms with van der Waals surface area (Å²) in [6, 6.07) is 5.36. The highest BCUT2D eigenvalue weighted by molar-refractivity contribution is 5.91. The van der Waals surface area contributed by atoms with Gasteiger partial charge in [-0.15, -0.1) is 0 Å². The third-order valence-electron chi connectivity index (χ3n) is 3.89. The fraction of sp³-hybridized carbons (Fsp3) is 0.444. The van der Waals surface area contributed by atoms with Crippen LogP contribution in [0.25, 0.3) is 6.08 Å². The van der Waals surface area contributed by atoms with E-state index in [-0.39, 0.29) is 5.91 Å². The van der Waals surface area contributed by atoms with Crippen LogP contribution in [0.3, 0.4) is 0 Å². The van der Waals surface area contributed by atoms with Crippen LogP contribution in [0.15, 0.2) is 24.3 Å². The van der Waals surface area contributed by atoms with Crippen LogP contribution in [-0.4, -0.2) is 50.2 Å². The molecule has 0 spiro atoms. The first-order valence-electron chi connectivity index (χ1n) is 7.95. The number of para-hydroxylation sites is 1. The minimum absolute atomic E-state index is 0.145. The minimum atomic E-state index is -0.785. The number of hydrogen-bond acceptors (Lipinski definition) is 5. The zero-order chi connectivity index (χ0) is 17.5. The van der Waals surface area contributed by atoms with Gasteiger partial charge in [0.2, 0.25) is 0 Å². The van der Waals surface area contributed by atoms with Gasteiger partial charge in [-0.1, -0.05) is 12.1 Å². The monoisotopic (exact) mass is 333 g/mol. The molecule has 1 fully saturated rings. The number of benzene rings is 1. The lowest BCUT2D eigenvalue weighted by Gasteiger charge is -2.19. The fourth-order valence-corrected chi connectivity index (χ4v) is 2.66. The van der Waals surface area contributed by atoms with Crippen molar-refractivity contribution in [1.82, 2.24) is 4.90 Å². The molecule has 0 aliphatic carbocycles. The summed E-state index contributed by atoms with van der Waals surface area (Å²) in [5.41, 5.74) is 0.687. The van der Waals surface area contributed by atoms with Gasteiger partial charge in [-0.2, -0.15) is 0 Å². The summed E-state index contributed by atoms with van der Waals surface area (Å²) in [5.74, 6) is 0.393. The van der Waals surface area contributed by atoms with Crippen LogP contribution in [0.1, 0.15) is 25.3 Å². The highest BCUT2D eigenvalue weighted by atomic mass is 16.5. The standard InChI is InChI=1S/C18H23NO5/c1-13(18(21)19-11-4-5-12-19)24-16(20)10-9-14-7-6-8-15(22-2)17(14)23-3/h6-10,13H,4-5,11-12H2,1-3H3/b10-9+/t13-/m1/s1. The molecule has 0 radical (unpaired) electrons. The number of methoxy groups -OCH3 is 2. The Kier molecular flexibility index (Phi) is 6.23. The van der Waals surface area contributed by atoms with Crippen molar-refractivity contribution in [3.63, 3.8) is 0 Å². The van der Waals surface area contributed by atoms with Crippen molar-refractivity contribution in [2.24, 2.45) is 0 Å². The maximum Gasteiger partial charge on any atom is 0.331 e. The number of esters is 1. The number of hydrogen-bond donors (Lipinski definition) is 0. The highest BCUT2D eigenvalue weighted by Crippen LogP contribution is 2.31. The summed E-state index contributed by atoms with van der Waals surface area (Å²) in [6.45, 7) is 3.06. The van der Waals surface area contributed by atoms with E-state index in [0.717, 1.165) is 25.9 Å². The second-order valence-electron chi connectivity index (χ2n) is 5.53. The fourth-order valence-electron chi connectivity index (χ4n) is 2.66. The number of likely N-dealkylation sites (tertiary alicyclic amines) is 1. The lowest BCUT2D eigenvalue weighted by atomic mass is 10.1. The smallest absolute Gasteiger partial charge is 0.331 e. The molecule has 6 nitrogen and oxygen atoms in total. The molecule has 1 aliphatic rings. The van der Waals surface area contributed by atoms with Crippen LogP contribution in [0.4, 0.5) is 0 Å². The Morgan fingerprint density at radius 1 is 1.17 bits per heavy atom. The predicted molar refractivity (Wildman–Crippen MR) is 89.9 cm³/mol. The average Bonchev–Trinajstić information content (AvgIpc) is 3.13. The molecule has 6 heteroatoms. The Bertz CT molecular complexity index is 620. The number of carbonyl (C=O) groups is 2. The maximum absolute atomic E-state index is 12.1. The van der Waals surface area contributed by atoms with Crippen LogP contribution in [0.5, 0.6) is 11.5 Å². The molecule has 0 aromatic heterocycles. The molecule has 1 aromatic rings. The molecule has 1 heterocycles. The van der Waals surface area contributed by atoms with E-state index in [4.69, 9.17) is 14.2 Å². The molecule has 0 N–H and O–H groups in total. The first-order valence-corrected chi connectivity index (χ1v) is 7.95. The van der Waals surface area contributed by atoms with Gasteiger partial charge in [0.1, 0.15) is 0 Å². The van der Waals surface area contributed by atoms with Gasteiger partial charge in [0.05, 0.1) is 14.2 Å². The Morgan fingerprint density at radius 2 is 1.88 bits per heavy atom. The second-order valence-corrected chi connectivity index (χ2v) is 5.53. The Hall–Kier alpha value is -2.50. The molecule has 0 bridgehead atoms. The van der Waals surface area contributed by atoms with Crippen molar-refractivity contribution < 1.29 is 23.8 Å². The van der Waals surface area contributed by atoms with Gasteiger partial charge < -0.3 is 19.1 Å². The first-order chi connectivity index (χ1) is 11.6. The molecule has 1 amide bonds. The average molecular weight is 333 g/mol. The van der Waals surface area contributed by atoms with Crippen molar-refractivity contribution in [2.45, 2.75) is 25.9 Å². The molecule has 2 rings (SSSR count). The zero-order valence-corrected chi connectivity index (χ0v) is 14.3. The summed E-state index contributed by atoms with van der Waals surface area (Å²) >= 11 is 0. The van der Waals surface area contributed by atoms with E-state index in [1.54, 1.807) is 43.2 Å². The summed E-state index contributed by atoms with van der Waals surface area (Å²) in [7, 11) is 3.08. The molecule has 1 saturated heterocycles. The predicted octanol–water partition coefficient (Wildman–Crippen LogP) is 2.27. The van der Waals surface area contributed by atoms with Gasteiger partial charge in [-0.25, -0.2) is 4.79 Å². The Morgan fingerprint density at radius 3 is 2.50 bits per heavy atom. The second kappa shape index (κ2) is 8.38. The van der Waals surface area contributed by atoms with Crippen molar-refractivity contribution in [3.8, 4) is 11.5 Å². The van der Waals surface area contributed by atoms with Crippen LogP contribution in [0, 0.1) is 0 Å². The number of ether oxygens (including phenoxy) is 3. The van der Waals surface area contributed by atoms with E-state index >= 15 is 0 Å². The van der Waals surface area contributed by atoms with Crippen molar-refractivity contribution >= 4 is 18.0 Å². The van der Waals surface area contributed by atoms with E-state index in [2.05, 4.69) is 0 Å². The molecular formula is C18H23NO5. The van der Waals surface area contributed by atoms with Gasteiger partial charge in [0.15, 0.2) is 17.6 Å². The van der Waals surface area contributed by atoms with Crippen molar-refractivity contribution in [1.29, 1.82) is 0 Å². The molecular weight excluding hydrogens is 310 g/mol. The molecule has 130 valence electrons. The quantitative estimate of drug-likeness (QED) is 0.590.